The van der Waals surface area contributed by atoms with Crippen LogP contribution in [-0.2, 0) is 14.3 Å². The summed E-state index contributed by atoms with van der Waals surface area (Å²) in [4.78, 5) is 26.5. The average molecular weight is 374 g/mol. The summed E-state index contributed by atoms with van der Waals surface area (Å²) in [5.41, 5.74) is 1.96. The van der Waals surface area contributed by atoms with Crippen LogP contribution in [0.5, 0.6) is 5.75 Å². The number of nitrogens with zero attached hydrogens (tertiary/aromatic N) is 1. The van der Waals surface area contributed by atoms with E-state index in [1.54, 1.807) is 12.1 Å². The van der Waals surface area contributed by atoms with Crippen LogP contribution in [0.25, 0.3) is 0 Å². The first-order valence-corrected chi connectivity index (χ1v) is 8.30. The van der Waals surface area contributed by atoms with Gasteiger partial charge >= 0.3 is 5.97 Å². The molecular weight excluding hydrogens is 361 g/mol. The van der Waals surface area contributed by atoms with Crippen molar-refractivity contribution in [1.82, 2.24) is 0 Å². The zero-order valence-electron chi connectivity index (χ0n) is 13.4. The Morgan fingerprint density at radius 3 is 2.58 bits per heavy atom. The highest BCUT2D eigenvalue weighted by atomic mass is 35.5. The maximum atomic E-state index is 13.5. The van der Waals surface area contributed by atoms with Crippen molar-refractivity contribution in [3.63, 3.8) is 0 Å². The van der Waals surface area contributed by atoms with E-state index in [0.29, 0.717) is 17.0 Å². The van der Waals surface area contributed by atoms with E-state index in [1.807, 2.05) is 0 Å². The first-order valence-electron chi connectivity index (χ1n) is 7.93. The molecule has 132 valence electrons. The second kappa shape index (κ2) is 6.14. The van der Waals surface area contributed by atoms with Crippen LogP contribution < -0.4 is 4.90 Å². The van der Waals surface area contributed by atoms with Crippen LogP contribution in [0.4, 0.5) is 10.1 Å². The van der Waals surface area contributed by atoms with Gasteiger partial charge in [0.1, 0.15) is 18.2 Å². The van der Waals surface area contributed by atoms with Gasteiger partial charge < -0.3 is 9.84 Å². The lowest BCUT2D eigenvalue weighted by Crippen LogP contribution is -2.37. The molecule has 1 atom stereocenters. The smallest absolute Gasteiger partial charge is 0.336 e. The topological polar surface area (TPSA) is 66.8 Å². The number of hydrogen-bond acceptors (Lipinski definition) is 4. The molecule has 2 aromatic rings. The van der Waals surface area contributed by atoms with Gasteiger partial charge in [0.05, 0.1) is 22.0 Å². The molecular formula is C19H13ClFNO4. The number of ether oxygens (including phenoxy) is 1. The van der Waals surface area contributed by atoms with Gasteiger partial charge in [-0.1, -0.05) is 23.7 Å². The number of esters is 1. The number of carbonyl (C=O) groups excluding carboxylic acids is 2. The Morgan fingerprint density at radius 2 is 1.88 bits per heavy atom. The Hall–Kier alpha value is -2.86. The van der Waals surface area contributed by atoms with Crippen molar-refractivity contribution in [3.05, 3.63) is 70.1 Å². The molecule has 2 aromatic carbocycles. The Labute approximate surface area is 153 Å². The molecule has 0 aromatic heterocycles. The summed E-state index contributed by atoms with van der Waals surface area (Å²) in [6.07, 6.45) is 0.0493. The summed E-state index contributed by atoms with van der Waals surface area (Å²) >= 11 is 5.84. The Morgan fingerprint density at radius 1 is 1.15 bits per heavy atom. The number of halogens is 2. The van der Waals surface area contributed by atoms with Crippen molar-refractivity contribution < 1.29 is 23.8 Å². The molecule has 0 radical (unpaired) electrons. The molecule has 0 aliphatic carbocycles. The monoisotopic (exact) mass is 373 g/mol. The summed E-state index contributed by atoms with van der Waals surface area (Å²) in [6.45, 7) is -0.0382. The van der Waals surface area contributed by atoms with Crippen LogP contribution >= 0.6 is 11.6 Å². The van der Waals surface area contributed by atoms with Gasteiger partial charge in [-0.2, -0.15) is 0 Å². The normalized spacial score (nSPS) is 19.6. The Kier molecular flexibility index (Phi) is 3.92. The van der Waals surface area contributed by atoms with Gasteiger partial charge in [0.2, 0.25) is 5.91 Å². The molecule has 2 aliphatic rings. The Balaban J connectivity index is 1.82. The molecule has 0 bridgehead atoms. The molecule has 5 nitrogen and oxygen atoms in total. The van der Waals surface area contributed by atoms with E-state index in [1.165, 1.54) is 35.2 Å². The number of phenols is 1. The van der Waals surface area contributed by atoms with E-state index >= 15 is 0 Å². The number of carbonyl (C=O) groups is 2. The first-order chi connectivity index (χ1) is 12.5. The second-order valence-corrected chi connectivity index (χ2v) is 6.52. The van der Waals surface area contributed by atoms with Gasteiger partial charge in [-0.25, -0.2) is 9.18 Å². The predicted molar refractivity (Wildman–Crippen MR) is 92.3 cm³/mol. The van der Waals surface area contributed by atoms with Crippen LogP contribution in [0, 0.1) is 5.82 Å². The van der Waals surface area contributed by atoms with Crippen LogP contribution in [0.2, 0.25) is 5.02 Å². The molecule has 0 spiro atoms. The molecule has 0 saturated carbocycles. The number of phenolic OH excluding ortho intramolecular Hbond substituents is 1. The van der Waals surface area contributed by atoms with Crippen molar-refractivity contribution in [1.29, 1.82) is 0 Å². The third-order valence-electron chi connectivity index (χ3n) is 4.57. The van der Waals surface area contributed by atoms with Crippen LogP contribution in [-0.4, -0.2) is 23.6 Å². The van der Waals surface area contributed by atoms with Gasteiger partial charge in [0.25, 0.3) is 0 Å². The SMILES string of the molecule is O=C1OCC2=C1C(c1ccc(O)cc1)CC(=O)N2c1ccc(F)c(Cl)c1. The zero-order chi connectivity index (χ0) is 18.4. The van der Waals surface area contributed by atoms with Crippen molar-refractivity contribution in [2.75, 3.05) is 11.5 Å². The lowest BCUT2D eigenvalue weighted by atomic mass is 9.84. The fraction of sp³-hybridized carbons (Fsp3) is 0.158. The summed E-state index contributed by atoms with van der Waals surface area (Å²) in [5.74, 6) is -1.68. The number of benzene rings is 2. The summed E-state index contributed by atoms with van der Waals surface area (Å²) in [5, 5.41) is 9.36. The van der Waals surface area contributed by atoms with Crippen LogP contribution in [0.1, 0.15) is 17.9 Å². The standard InChI is InChI=1S/C19H13ClFNO4/c20-14-7-11(3-6-15(14)21)22-16-9-26-19(25)18(16)13(8-17(22)24)10-1-4-12(23)5-2-10/h1-7,13,23H,8-9H2. The number of amides is 1. The Bertz CT molecular complexity index is 955. The molecule has 1 amide bonds. The fourth-order valence-electron chi connectivity index (χ4n) is 3.37. The molecule has 1 N–H and O–H groups in total. The summed E-state index contributed by atoms with van der Waals surface area (Å²) in [7, 11) is 0. The van der Waals surface area contributed by atoms with Gasteiger partial charge in [0, 0.05) is 12.3 Å². The summed E-state index contributed by atoms with van der Waals surface area (Å²) in [6, 6.07) is 10.3. The van der Waals surface area contributed by atoms with Gasteiger partial charge in [-0.3, -0.25) is 9.69 Å². The quantitative estimate of drug-likeness (QED) is 0.818. The van der Waals surface area contributed by atoms with E-state index in [9.17, 15) is 19.1 Å². The minimum absolute atomic E-state index is 0.0382. The lowest BCUT2D eigenvalue weighted by molar-refractivity contribution is -0.136. The van der Waals surface area contributed by atoms with Gasteiger partial charge in [-0.15, -0.1) is 0 Å². The van der Waals surface area contributed by atoms with Gasteiger partial charge in [-0.05, 0) is 35.9 Å². The molecule has 0 fully saturated rings. The van der Waals surface area contributed by atoms with E-state index in [2.05, 4.69) is 0 Å². The largest absolute Gasteiger partial charge is 0.508 e. The maximum absolute atomic E-state index is 13.5. The van der Waals surface area contributed by atoms with Crippen molar-refractivity contribution in [3.8, 4) is 5.75 Å². The molecule has 1 unspecified atom stereocenters. The molecule has 2 aliphatic heterocycles. The van der Waals surface area contributed by atoms with Gasteiger partial charge in [0.15, 0.2) is 0 Å². The minimum Gasteiger partial charge on any atom is -0.508 e. The third kappa shape index (κ3) is 2.63. The zero-order valence-corrected chi connectivity index (χ0v) is 14.2. The first kappa shape index (κ1) is 16.6. The highest BCUT2D eigenvalue weighted by molar-refractivity contribution is 6.31. The number of cyclic esters (lactones) is 1. The highest BCUT2D eigenvalue weighted by Crippen LogP contribution is 2.42. The molecule has 7 heteroatoms. The average Bonchev–Trinajstić information content (AvgIpc) is 2.99. The van der Waals surface area contributed by atoms with Crippen LogP contribution in [0.3, 0.4) is 0 Å². The number of anilines is 1. The molecule has 4 rings (SSSR count). The molecule has 2 heterocycles. The molecule has 26 heavy (non-hydrogen) atoms. The number of hydrogen-bond donors (Lipinski definition) is 1. The van der Waals surface area contributed by atoms with Crippen molar-refractivity contribution in [2.45, 2.75) is 12.3 Å². The fourth-order valence-corrected chi connectivity index (χ4v) is 3.54. The third-order valence-corrected chi connectivity index (χ3v) is 4.86. The maximum Gasteiger partial charge on any atom is 0.336 e. The predicted octanol–water partition coefficient (Wildman–Crippen LogP) is 3.52. The number of rotatable bonds is 2. The molecule has 0 saturated heterocycles. The lowest BCUT2D eigenvalue weighted by Gasteiger charge is -2.32. The van der Waals surface area contributed by atoms with E-state index in [0.717, 1.165) is 5.56 Å². The van der Waals surface area contributed by atoms with E-state index in [-0.39, 0.29) is 29.7 Å². The minimum atomic E-state index is -0.588. The summed E-state index contributed by atoms with van der Waals surface area (Å²) < 4.78 is 18.6. The van der Waals surface area contributed by atoms with Crippen molar-refractivity contribution >= 4 is 29.2 Å². The van der Waals surface area contributed by atoms with E-state index < -0.39 is 17.7 Å². The van der Waals surface area contributed by atoms with Crippen molar-refractivity contribution in [2.24, 2.45) is 0 Å². The number of aromatic hydroxyl groups is 1. The van der Waals surface area contributed by atoms with Crippen LogP contribution in [0.15, 0.2) is 53.7 Å². The van der Waals surface area contributed by atoms with E-state index in [4.69, 9.17) is 16.3 Å². The second-order valence-electron chi connectivity index (χ2n) is 6.11. The highest BCUT2D eigenvalue weighted by Gasteiger charge is 2.43.